The van der Waals surface area contributed by atoms with E-state index in [2.05, 4.69) is 10.2 Å². The van der Waals surface area contributed by atoms with Crippen LogP contribution in [0.5, 0.6) is 5.75 Å². The molecule has 3 rings (SSSR count). The van der Waals surface area contributed by atoms with Crippen molar-refractivity contribution in [1.29, 1.82) is 0 Å². The van der Waals surface area contributed by atoms with Gasteiger partial charge >= 0.3 is 0 Å². The molecule has 9 heteroatoms. The summed E-state index contributed by atoms with van der Waals surface area (Å²) in [5.74, 6) is 1.33. The highest BCUT2D eigenvalue weighted by atomic mass is 32.2. The summed E-state index contributed by atoms with van der Waals surface area (Å²) in [7, 11) is 3.41. The van der Waals surface area contributed by atoms with E-state index < -0.39 is 4.92 Å². The van der Waals surface area contributed by atoms with Crippen molar-refractivity contribution in [3.8, 4) is 17.1 Å². The van der Waals surface area contributed by atoms with Crippen LogP contribution in [0.25, 0.3) is 11.4 Å². The van der Waals surface area contributed by atoms with Gasteiger partial charge in [-0.3, -0.25) is 14.9 Å². The van der Waals surface area contributed by atoms with E-state index in [4.69, 9.17) is 4.74 Å². The highest BCUT2D eigenvalue weighted by molar-refractivity contribution is 7.99. The molecule has 3 aromatic rings. The number of aromatic nitrogens is 3. The third-order valence-corrected chi connectivity index (χ3v) is 4.94. The fraction of sp³-hybridized carbons (Fsp3) is 0.167. The van der Waals surface area contributed by atoms with E-state index in [0.717, 1.165) is 5.56 Å². The van der Waals surface area contributed by atoms with Gasteiger partial charge in [-0.1, -0.05) is 23.9 Å². The zero-order chi connectivity index (χ0) is 19.4. The molecule has 0 aliphatic heterocycles. The lowest BCUT2D eigenvalue weighted by Crippen LogP contribution is -2.04. The van der Waals surface area contributed by atoms with Gasteiger partial charge in [0.05, 0.1) is 23.3 Å². The summed E-state index contributed by atoms with van der Waals surface area (Å²) in [5.41, 5.74) is 1.18. The fourth-order valence-corrected chi connectivity index (χ4v) is 3.29. The minimum Gasteiger partial charge on any atom is -0.496 e. The van der Waals surface area contributed by atoms with E-state index in [-0.39, 0.29) is 17.2 Å². The van der Waals surface area contributed by atoms with E-state index >= 15 is 0 Å². The zero-order valence-electron chi connectivity index (χ0n) is 14.7. The first-order chi connectivity index (χ1) is 13.0. The van der Waals surface area contributed by atoms with Crippen molar-refractivity contribution in [3.63, 3.8) is 0 Å². The average molecular weight is 384 g/mol. The Hall–Kier alpha value is -3.20. The molecule has 0 aliphatic rings. The number of rotatable bonds is 7. The maximum atomic E-state index is 12.3. The molecule has 0 unspecified atom stereocenters. The van der Waals surface area contributed by atoms with Crippen LogP contribution >= 0.6 is 11.8 Å². The second-order valence-corrected chi connectivity index (χ2v) is 6.52. The Kier molecular flexibility index (Phi) is 5.51. The number of carbonyl (C=O) groups is 1. The summed E-state index contributed by atoms with van der Waals surface area (Å²) >= 11 is 1.25. The molecule has 0 amide bonds. The van der Waals surface area contributed by atoms with Crippen LogP contribution in [0.3, 0.4) is 0 Å². The molecular weight excluding hydrogens is 368 g/mol. The maximum absolute atomic E-state index is 12.3. The number of hydrogen-bond acceptors (Lipinski definition) is 7. The Labute approximate surface area is 159 Å². The van der Waals surface area contributed by atoms with Crippen LogP contribution in [-0.2, 0) is 7.05 Å². The summed E-state index contributed by atoms with van der Waals surface area (Å²) in [5, 5.41) is 19.6. The Morgan fingerprint density at radius 2 is 1.89 bits per heavy atom. The lowest BCUT2D eigenvalue weighted by molar-refractivity contribution is -0.384. The van der Waals surface area contributed by atoms with Crippen molar-refractivity contribution in [2.24, 2.45) is 7.05 Å². The number of hydrogen-bond donors (Lipinski definition) is 0. The highest BCUT2D eigenvalue weighted by Gasteiger charge is 2.16. The quantitative estimate of drug-likeness (QED) is 0.266. The molecule has 0 N–H and O–H groups in total. The second-order valence-electron chi connectivity index (χ2n) is 5.58. The number of thioether (sulfide) groups is 1. The number of nitrogens with zero attached hydrogens (tertiary/aromatic N) is 4. The van der Waals surface area contributed by atoms with Gasteiger partial charge in [-0.2, -0.15) is 0 Å². The van der Waals surface area contributed by atoms with Crippen molar-refractivity contribution < 1.29 is 14.5 Å². The van der Waals surface area contributed by atoms with Gasteiger partial charge in [0.25, 0.3) is 5.69 Å². The Morgan fingerprint density at radius 1 is 1.19 bits per heavy atom. The van der Waals surface area contributed by atoms with E-state index in [1.54, 1.807) is 11.7 Å². The third kappa shape index (κ3) is 3.98. The molecule has 0 spiro atoms. The fourth-order valence-electron chi connectivity index (χ4n) is 2.49. The van der Waals surface area contributed by atoms with E-state index in [0.29, 0.717) is 22.3 Å². The van der Waals surface area contributed by atoms with Gasteiger partial charge in [-0.05, 0) is 24.3 Å². The standard InChI is InChI=1S/C18H16N4O4S/c1-21-17(14-5-3-4-6-16(14)26-2)19-20-18(21)27-11-15(23)12-7-9-13(10-8-12)22(24)25/h3-10H,11H2,1-2H3. The first kappa shape index (κ1) is 18.6. The molecule has 0 saturated carbocycles. The van der Waals surface area contributed by atoms with Crippen LogP contribution in [0, 0.1) is 10.1 Å². The minimum atomic E-state index is -0.498. The largest absolute Gasteiger partial charge is 0.496 e. The van der Waals surface area contributed by atoms with Crippen LogP contribution in [0.1, 0.15) is 10.4 Å². The number of para-hydroxylation sites is 1. The summed E-state index contributed by atoms with van der Waals surface area (Å²) < 4.78 is 7.15. The molecule has 0 aliphatic carbocycles. The van der Waals surface area contributed by atoms with Gasteiger partial charge < -0.3 is 9.30 Å². The number of ketones is 1. The van der Waals surface area contributed by atoms with Gasteiger partial charge in [-0.15, -0.1) is 10.2 Å². The van der Waals surface area contributed by atoms with Crippen LogP contribution in [0.4, 0.5) is 5.69 Å². The summed E-state index contributed by atoms with van der Waals surface area (Å²) in [4.78, 5) is 22.5. The second kappa shape index (κ2) is 8.00. The molecule has 2 aromatic carbocycles. The average Bonchev–Trinajstić information content (AvgIpc) is 3.06. The van der Waals surface area contributed by atoms with Crippen molar-refractivity contribution in [2.45, 2.75) is 5.16 Å². The summed E-state index contributed by atoms with van der Waals surface area (Å²) in [6.07, 6.45) is 0. The predicted octanol–water partition coefficient (Wildman–Crippen LogP) is 3.37. The van der Waals surface area contributed by atoms with Gasteiger partial charge in [0.2, 0.25) is 0 Å². The van der Waals surface area contributed by atoms with Gasteiger partial charge in [0.15, 0.2) is 16.8 Å². The number of non-ortho nitro benzene ring substituents is 1. The lowest BCUT2D eigenvalue weighted by Gasteiger charge is -2.08. The molecule has 1 heterocycles. The molecule has 138 valence electrons. The van der Waals surface area contributed by atoms with E-state index in [9.17, 15) is 14.9 Å². The molecule has 0 fully saturated rings. The van der Waals surface area contributed by atoms with Crippen LogP contribution < -0.4 is 4.74 Å². The molecular formula is C18H16N4O4S. The van der Waals surface area contributed by atoms with E-state index in [1.807, 2.05) is 31.3 Å². The van der Waals surface area contributed by atoms with Crippen molar-refractivity contribution in [1.82, 2.24) is 14.8 Å². The first-order valence-corrected chi connectivity index (χ1v) is 8.93. The Balaban J connectivity index is 1.73. The van der Waals surface area contributed by atoms with Gasteiger partial charge in [0.1, 0.15) is 5.75 Å². The minimum absolute atomic E-state index is 0.0473. The monoisotopic (exact) mass is 384 g/mol. The molecule has 1 aromatic heterocycles. The van der Waals surface area contributed by atoms with Crippen LogP contribution in [-0.4, -0.2) is 38.3 Å². The van der Waals surface area contributed by atoms with Crippen molar-refractivity contribution in [3.05, 3.63) is 64.2 Å². The number of nitro benzene ring substituents is 1. The Bertz CT molecular complexity index is 985. The van der Waals surface area contributed by atoms with Crippen LogP contribution in [0.15, 0.2) is 53.7 Å². The molecule has 27 heavy (non-hydrogen) atoms. The lowest BCUT2D eigenvalue weighted by atomic mass is 10.1. The predicted molar refractivity (Wildman–Crippen MR) is 101 cm³/mol. The molecule has 8 nitrogen and oxygen atoms in total. The number of methoxy groups -OCH3 is 1. The molecule has 0 saturated heterocycles. The highest BCUT2D eigenvalue weighted by Crippen LogP contribution is 2.30. The number of benzene rings is 2. The normalized spacial score (nSPS) is 10.6. The smallest absolute Gasteiger partial charge is 0.269 e. The maximum Gasteiger partial charge on any atom is 0.269 e. The van der Waals surface area contributed by atoms with Crippen molar-refractivity contribution in [2.75, 3.05) is 12.9 Å². The van der Waals surface area contributed by atoms with Crippen LogP contribution in [0.2, 0.25) is 0 Å². The Morgan fingerprint density at radius 3 is 2.56 bits per heavy atom. The van der Waals surface area contributed by atoms with Gasteiger partial charge in [-0.25, -0.2) is 0 Å². The zero-order valence-corrected chi connectivity index (χ0v) is 15.5. The third-order valence-electron chi connectivity index (χ3n) is 3.92. The number of nitro groups is 1. The SMILES string of the molecule is COc1ccccc1-c1nnc(SCC(=O)c2ccc([N+](=O)[O-])cc2)n1C. The molecule has 0 bridgehead atoms. The number of Topliss-reactive ketones (excluding diaryl/α,β-unsaturated/α-hetero) is 1. The first-order valence-electron chi connectivity index (χ1n) is 7.94. The number of carbonyl (C=O) groups excluding carboxylic acids is 1. The molecule has 0 radical (unpaired) electrons. The summed E-state index contributed by atoms with van der Waals surface area (Å²) in [6, 6.07) is 13.0. The summed E-state index contributed by atoms with van der Waals surface area (Å²) in [6.45, 7) is 0. The van der Waals surface area contributed by atoms with Gasteiger partial charge in [0, 0.05) is 24.7 Å². The molecule has 0 atom stereocenters. The van der Waals surface area contributed by atoms with Crippen molar-refractivity contribution >= 4 is 23.2 Å². The topological polar surface area (TPSA) is 100 Å². The number of ether oxygens (including phenoxy) is 1. The van der Waals surface area contributed by atoms with E-state index in [1.165, 1.54) is 36.0 Å².